The molecule has 0 aliphatic carbocycles. The van der Waals surface area contributed by atoms with Crippen LogP contribution in [0.3, 0.4) is 0 Å². The van der Waals surface area contributed by atoms with Gasteiger partial charge in [0, 0.05) is 6.42 Å². The molecule has 0 aliphatic heterocycles. The number of hydrogen-bond acceptors (Lipinski definition) is 5. The fourth-order valence-corrected chi connectivity index (χ4v) is 9.37. The van der Waals surface area contributed by atoms with Crippen LogP contribution in [-0.2, 0) is 14.3 Å². The Morgan fingerprint density at radius 2 is 0.738 bits per heavy atom. The number of esters is 1. The zero-order chi connectivity index (χ0) is 47.4. The highest BCUT2D eigenvalue weighted by Gasteiger charge is 2.24. The molecule has 0 spiro atoms. The first-order valence-corrected chi connectivity index (χ1v) is 29.4. The van der Waals surface area contributed by atoms with Crippen LogP contribution in [0.2, 0.25) is 0 Å². The van der Waals surface area contributed by atoms with E-state index >= 15 is 0 Å². The van der Waals surface area contributed by atoms with Gasteiger partial charge in [0.05, 0.1) is 25.2 Å². The Morgan fingerprint density at radius 1 is 0.431 bits per heavy atom. The summed E-state index contributed by atoms with van der Waals surface area (Å²) in [6.07, 6.45) is 61.3. The first kappa shape index (κ1) is 63.6. The van der Waals surface area contributed by atoms with Gasteiger partial charge < -0.3 is 20.3 Å². The van der Waals surface area contributed by atoms with E-state index in [1.165, 1.54) is 225 Å². The van der Waals surface area contributed by atoms with Crippen molar-refractivity contribution in [2.45, 2.75) is 347 Å². The van der Waals surface area contributed by atoms with Crippen molar-refractivity contribution in [1.29, 1.82) is 0 Å². The Morgan fingerprint density at radius 3 is 1.09 bits per heavy atom. The van der Waals surface area contributed by atoms with Gasteiger partial charge in [-0.2, -0.15) is 0 Å². The van der Waals surface area contributed by atoms with Gasteiger partial charge in [-0.1, -0.05) is 277 Å². The van der Waals surface area contributed by atoms with Crippen LogP contribution in [0, 0.1) is 0 Å². The maximum absolute atomic E-state index is 13.3. The molecule has 0 saturated heterocycles. The van der Waals surface area contributed by atoms with E-state index in [4.69, 9.17) is 4.74 Å². The van der Waals surface area contributed by atoms with Gasteiger partial charge in [0.15, 0.2) is 0 Å². The highest BCUT2D eigenvalue weighted by Crippen LogP contribution is 2.19. The number of aliphatic hydroxyl groups excluding tert-OH is 2. The van der Waals surface area contributed by atoms with Crippen molar-refractivity contribution < 1.29 is 24.5 Å². The molecule has 3 atom stereocenters. The fourth-order valence-electron chi connectivity index (χ4n) is 9.37. The van der Waals surface area contributed by atoms with Crippen molar-refractivity contribution in [3.63, 3.8) is 0 Å². The molecule has 0 aromatic carbocycles. The second-order valence-corrected chi connectivity index (χ2v) is 20.4. The predicted molar refractivity (Wildman–Crippen MR) is 283 cm³/mol. The molecule has 0 bridgehead atoms. The van der Waals surface area contributed by atoms with Crippen LogP contribution in [-0.4, -0.2) is 46.9 Å². The third-order valence-electron chi connectivity index (χ3n) is 13.8. The maximum Gasteiger partial charge on any atom is 0.306 e. The summed E-state index contributed by atoms with van der Waals surface area (Å²) in [6.45, 7) is 6.52. The minimum Gasteiger partial charge on any atom is -0.462 e. The lowest BCUT2D eigenvalue weighted by molar-refractivity contribution is -0.151. The summed E-state index contributed by atoms with van der Waals surface area (Å²) < 4.78 is 5.96. The van der Waals surface area contributed by atoms with Crippen molar-refractivity contribution in [1.82, 2.24) is 5.32 Å². The summed E-state index contributed by atoms with van der Waals surface area (Å²) in [7, 11) is 0. The molecule has 0 aromatic heterocycles. The molecule has 0 aliphatic rings. The number of amides is 1. The third-order valence-corrected chi connectivity index (χ3v) is 13.8. The second-order valence-electron chi connectivity index (χ2n) is 20.4. The molecule has 386 valence electrons. The Balaban J connectivity index is 4.49. The van der Waals surface area contributed by atoms with E-state index in [0.29, 0.717) is 19.3 Å². The van der Waals surface area contributed by atoms with Gasteiger partial charge in [0.1, 0.15) is 6.10 Å². The van der Waals surface area contributed by atoms with Crippen LogP contribution >= 0.6 is 0 Å². The number of hydrogen-bond donors (Lipinski definition) is 3. The summed E-state index contributed by atoms with van der Waals surface area (Å²) in [5.74, 6) is -0.459. The molecule has 0 aromatic rings. The van der Waals surface area contributed by atoms with Crippen LogP contribution in [0.1, 0.15) is 329 Å². The van der Waals surface area contributed by atoms with E-state index < -0.39 is 18.2 Å². The Labute approximate surface area is 406 Å². The average Bonchev–Trinajstić information content (AvgIpc) is 3.30. The van der Waals surface area contributed by atoms with Crippen molar-refractivity contribution >= 4 is 11.9 Å². The quantitative estimate of drug-likeness (QED) is 0.0321. The van der Waals surface area contributed by atoms with Crippen LogP contribution < -0.4 is 5.32 Å². The van der Waals surface area contributed by atoms with E-state index in [-0.39, 0.29) is 24.9 Å². The SMILES string of the molecule is CCCCCCCC/C=C/CCCCCCCC(CC(=O)NC(CO)C(O)CCCCCCCCCCCCCCCCCCC)OC(=O)CCCCCCCCCCCCCCCC. The first-order valence-electron chi connectivity index (χ1n) is 29.4. The highest BCUT2D eigenvalue weighted by molar-refractivity contribution is 5.77. The molecule has 3 N–H and O–H groups in total. The minimum absolute atomic E-state index is 0.0796. The standard InChI is InChI=1S/C59H115NO5/c1-4-7-10-13-16-19-22-25-28-29-31-33-36-39-42-45-48-51-57(62)56(54-61)60-58(63)53-55(50-47-44-41-38-35-32-30-26-23-20-17-14-11-8-5-2)65-59(64)52-49-46-43-40-37-34-27-24-21-18-15-12-9-6-3/h26,30,55-57,61-62H,4-25,27-29,31-54H2,1-3H3,(H,60,63)/b30-26+. The number of allylic oxidation sites excluding steroid dienone is 2. The average molecular weight is 919 g/mol. The number of unbranched alkanes of at least 4 members (excludes halogenated alkanes) is 40. The molecule has 0 saturated carbocycles. The largest absolute Gasteiger partial charge is 0.462 e. The monoisotopic (exact) mass is 918 g/mol. The van der Waals surface area contributed by atoms with E-state index in [1.54, 1.807) is 0 Å². The number of aliphatic hydroxyl groups is 2. The first-order chi connectivity index (χ1) is 32.0. The van der Waals surface area contributed by atoms with Crippen LogP contribution in [0.5, 0.6) is 0 Å². The normalized spacial score (nSPS) is 13.1. The van der Waals surface area contributed by atoms with Gasteiger partial charge in [-0.3, -0.25) is 9.59 Å². The molecule has 0 radical (unpaired) electrons. The molecule has 65 heavy (non-hydrogen) atoms. The fraction of sp³-hybridized carbons (Fsp3) is 0.932. The Hall–Kier alpha value is -1.40. The van der Waals surface area contributed by atoms with Crippen molar-refractivity contribution in [2.75, 3.05) is 6.61 Å². The summed E-state index contributed by atoms with van der Waals surface area (Å²) in [4.78, 5) is 26.3. The zero-order valence-corrected chi connectivity index (χ0v) is 44.2. The third kappa shape index (κ3) is 48.9. The number of rotatable bonds is 54. The van der Waals surface area contributed by atoms with Crippen LogP contribution in [0.4, 0.5) is 0 Å². The zero-order valence-electron chi connectivity index (χ0n) is 44.2. The Bertz CT molecular complexity index is 986. The van der Waals surface area contributed by atoms with E-state index in [2.05, 4.69) is 38.2 Å². The minimum atomic E-state index is -0.785. The lowest BCUT2D eigenvalue weighted by Crippen LogP contribution is -2.46. The molecule has 6 nitrogen and oxygen atoms in total. The summed E-state index contributed by atoms with van der Waals surface area (Å²) in [5, 5.41) is 23.9. The molecule has 0 heterocycles. The van der Waals surface area contributed by atoms with E-state index in [9.17, 15) is 19.8 Å². The summed E-state index contributed by atoms with van der Waals surface area (Å²) in [6, 6.07) is -0.699. The molecule has 6 heteroatoms. The predicted octanol–water partition coefficient (Wildman–Crippen LogP) is 18.1. The molecular weight excluding hydrogens is 803 g/mol. The molecule has 0 fully saturated rings. The highest BCUT2D eigenvalue weighted by atomic mass is 16.5. The number of ether oxygens (including phenoxy) is 1. The van der Waals surface area contributed by atoms with Crippen LogP contribution in [0.25, 0.3) is 0 Å². The van der Waals surface area contributed by atoms with Gasteiger partial charge in [-0.05, 0) is 51.4 Å². The lowest BCUT2D eigenvalue weighted by atomic mass is 10.0. The van der Waals surface area contributed by atoms with Gasteiger partial charge in [-0.25, -0.2) is 0 Å². The van der Waals surface area contributed by atoms with Gasteiger partial charge >= 0.3 is 5.97 Å². The second kappa shape index (κ2) is 53.6. The summed E-state index contributed by atoms with van der Waals surface area (Å²) >= 11 is 0. The number of carbonyl (C=O) groups excluding carboxylic acids is 2. The molecule has 3 unspecified atom stereocenters. The lowest BCUT2D eigenvalue weighted by Gasteiger charge is -2.24. The maximum atomic E-state index is 13.3. The molecule has 1 amide bonds. The summed E-state index contributed by atoms with van der Waals surface area (Å²) in [5.41, 5.74) is 0. The topological polar surface area (TPSA) is 95.9 Å². The molecule has 0 rings (SSSR count). The van der Waals surface area contributed by atoms with Crippen molar-refractivity contribution in [3.8, 4) is 0 Å². The smallest absolute Gasteiger partial charge is 0.306 e. The Kier molecular flexibility index (Phi) is 52.4. The van der Waals surface area contributed by atoms with Crippen LogP contribution in [0.15, 0.2) is 12.2 Å². The van der Waals surface area contributed by atoms with Gasteiger partial charge in [-0.15, -0.1) is 0 Å². The van der Waals surface area contributed by atoms with Crippen molar-refractivity contribution in [2.24, 2.45) is 0 Å². The number of nitrogens with one attached hydrogen (secondary N) is 1. The molecular formula is C59H115NO5. The van der Waals surface area contributed by atoms with Crippen molar-refractivity contribution in [3.05, 3.63) is 12.2 Å². The van der Waals surface area contributed by atoms with E-state index in [0.717, 1.165) is 57.8 Å². The van der Waals surface area contributed by atoms with Gasteiger partial charge in [0.25, 0.3) is 0 Å². The van der Waals surface area contributed by atoms with E-state index in [1.807, 2.05) is 0 Å². The number of carbonyl (C=O) groups is 2. The van der Waals surface area contributed by atoms with Gasteiger partial charge in [0.2, 0.25) is 5.91 Å².